The second kappa shape index (κ2) is 9.38. The van der Waals surface area contributed by atoms with Gasteiger partial charge in [0, 0.05) is 6.21 Å². The molecule has 3 aromatic carbocycles. The first-order valence-corrected chi connectivity index (χ1v) is 8.97. The molecular formula is C23H19NO6. The van der Waals surface area contributed by atoms with Gasteiger partial charge in [0.05, 0.1) is 23.9 Å². The summed E-state index contributed by atoms with van der Waals surface area (Å²) in [4.78, 5) is 26.3. The van der Waals surface area contributed by atoms with E-state index in [1.165, 1.54) is 31.4 Å². The van der Waals surface area contributed by atoms with Gasteiger partial charge in [-0.1, -0.05) is 18.2 Å². The Labute approximate surface area is 172 Å². The maximum absolute atomic E-state index is 11.1. The number of ether oxygens (including phenoxy) is 2. The molecule has 0 bridgehead atoms. The summed E-state index contributed by atoms with van der Waals surface area (Å²) >= 11 is 0. The van der Waals surface area contributed by atoms with Crippen LogP contribution in [-0.2, 0) is 6.61 Å². The van der Waals surface area contributed by atoms with Crippen molar-refractivity contribution in [1.29, 1.82) is 0 Å². The molecule has 0 unspecified atom stereocenters. The molecule has 0 saturated carbocycles. The Morgan fingerprint density at radius 3 is 2.30 bits per heavy atom. The predicted molar refractivity (Wildman–Crippen MR) is 111 cm³/mol. The molecular weight excluding hydrogens is 386 g/mol. The lowest BCUT2D eigenvalue weighted by Gasteiger charge is -2.11. The molecule has 0 heterocycles. The average Bonchev–Trinajstić information content (AvgIpc) is 2.77. The summed E-state index contributed by atoms with van der Waals surface area (Å²) in [5.41, 5.74) is 2.49. The fraction of sp³-hybridized carbons (Fsp3) is 0.0870. The van der Waals surface area contributed by atoms with Gasteiger partial charge in [-0.05, 0) is 59.7 Å². The third-order valence-electron chi connectivity index (χ3n) is 4.24. The van der Waals surface area contributed by atoms with Gasteiger partial charge in [0.25, 0.3) is 0 Å². The second-order valence-corrected chi connectivity index (χ2v) is 6.31. The molecule has 0 atom stereocenters. The van der Waals surface area contributed by atoms with Crippen molar-refractivity contribution in [3.05, 3.63) is 89.0 Å². The number of benzene rings is 3. The topological polar surface area (TPSA) is 105 Å². The van der Waals surface area contributed by atoms with E-state index in [4.69, 9.17) is 19.7 Å². The van der Waals surface area contributed by atoms with Crippen LogP contribution in [0.4, 0.5) is 5.69 Å². The van der Waals surface area contributed by atoms with Gasteiger partial charge >= 0.3 is 11.9 Å². The molecule has 0 radical (unpaired) electrons. The van der Waals surface area contributed by atoms with Crippen LogP contribution in [0.25, 0.3) is 0 Å². The number of hydrogen-bond acceptors (Lipinski definition) is 5. The summed E-state index contributed by atoms with van der Waals surface area (Å²) in [7, 11) is 1.53. The lowest BCUT2D eigenvalue weighted by molar-refractivity contribution is 0.0686. The number of carboxylic acids is 2. The Morgan fingerprint density at radius 1 is 0.900 bits per heavy atom. The molecule has 2 N–H and O–H groups in total. The first kappa shape index (κ1) is 20.6. The van der Waals surface area contributed by atoms with E-state index in [0.717, 1.165) is 11.1 Å². The van der Waals surface area contributed by atoms with Crippen molar-refractivity contribution in [2.75, 3.05) is 7.11 Å². The molecule has 0 aliphatic heterocycles. The number of nitrogens with zero attached hydrogens (tertiary/aromatic N) is 1. The van der Waals surface area contributed by atoms with Gasteiger partial charge in [0.15, 0.2) is 11.5 Å². The molecule has 0 amide bonds. The SMILES string of the molecule is COc1cc(C=Nc2cccc(C(=O)O)c2)ccc1OCc1ccc(C(=O)O)cc1. The van der Waals surface area contributed by atoms with Crippen LogP contribution in [0.5, 0.6) is 11.5 Å². The molecule has 7 nitrogen and oxygen atoms in total. The Morgan fingerprint density at radius 2 is 1.63 bits per heavy atom. The van der Waals surface area contributed by atoms with Crippen molar-refractivity contribution in [3.63, 3.8) is 0 Å². The smallest absolute Gasteiger partial charge is 0.335 e. The summed E-state index contributed by atoms with van der Waals surface area (Å²) in [6.07, 6.45) is 1.61. The molecule has 0 aliphatic rings. The van der Waals surface area contributed by atoms with Crippen LogP contribution in [0.15, 0.2) is 71.7 Å². The number of hydrogen-bond donors (Lipinski definition) is 2. The van der Waals surface area contributed by atoms with Crippen LogP contribution < -0.4 is 9.47 Å². The zero-order valence-electron chi connectivity index (χ0n) is 16.1. The number of carboxylic acid groups (broad SMARTS) is 2. The monoisotopic (exact) mass is 405 g/mol. The van der Waals surface area contributed by atoms with E-state index in [2.05, 4.69) is 4.99 Å². The van der Waals surface area contributed by atoms with Crippen molar-refractivity contribution < 1.29 is 29.3 Å². The fourth-order valence-electron chi connectivity index (χ4n) is 2.66. The summed E-state index contributed by atoms with van der Waals surface area (Å²) in [5, 5.41) is 18.0. The van der Waals surface area contributed by atoms with Gasteiger partial charge in [-0.25, -0.2) is 9.59 Å². The van der Waals surface area contributed by atoms with E-state index >= 15 is 0 Å². The second-order valence-electron chi connectivity index (χ2n) is 6.31. The number of aliphatic imine (C=N–C) groups is 1. The molecule has 3 rings (SSSR count). The number of carbonyl (C=O) groups is 2. The van der Waals surface area contributed by atoms with E-state index in [0.29, 0.717) is 17.2 Å². The minimum atomic E-state index is -1.01. The van der Waals surface area contributed by atoms with Gasteiger partial charge < -0.3 is 19.7 Å². The van der Waals surface area contributed by atoms with Crippen LogP contribution in [0.1, 0.15) is 31.8 Å². The van der Waals surface area contributed by atoms with Gasteiger partial charge in [-0.2, -0.15) is 0 Å². The molecule has 0 aliphatic carbocycles. The van der Waals surface area contributed by atoms with Gasteiger partial charge in [-0.3, -0.25) is 4.99 Å². The number of methoxy groups -OCH3 is 1. The Hall–Kier alpha value is -4.13. The van der Waals surface area contributed by atoms with E-state index in [1.807, 2.05) is 0 Å². The van der Waals surface area contributed by atoms with Crippen molar-refractivity contribution in [2.24, 2.45) is 4.99 Å². The zero-order chi connectivity index (χ0) is 21.5. The molecule has 3 aromatic rings. The van der Waals surface area contributed by atoms with Crippen LogP contribution in [-0.4, -0.2) is 35.5 Å². The molecule has 0 spiro atoms. The van der Waals surface area contributed by atoms with Gasteiger partial charge in [0.1, 0.15) is 6.61 Å². The summed E-state index contributed by atoms with van der Waals surface area (Å²) in [5.74, 6) is -0.936. The van der Waals surface area contributed by atoms with E-state index < -0.39 is 11.9 Å². The number of aromatic carboxylic acids is 2. The largest absolute Gasteiger partial charge is 0.493 e. The highest BCUT2D eigenvalue weighted by molar-refractivity contribution is 5.89. The first-order chi connectivity index (χ1) is 14.5. The van der Waals surface area contributed by atoms with E-state index in [1.54, 1.807) is 48.7 Å². The van der Waals surface area contributed by atoms with Crippen molar-refractivity contribution in [3.8, 4) is 11.5 Å². The highest BCUT2D eigenvalue weighted by Crippen LogP contribution is 2.28. The standard InChI is InChI=1S/C23H19NO6/c1-29-21-11-16(13-24-19-4-2-3-18(12-19)23(27)28)7-10-20(21)30-14-15-5-8-17(9-6-15)22(25)26/h2-13H,14H2,1H3,(H,25,26)(H,27,28). The first-order valence-electron chi connectivity index (χ1n) is 8.97. The fourth-order valence-corrected chi connectivity index (χ4v) is 2.66. The molecule has 0 fully saturated rings. The molecule has 7 heteroatoms. The average molecular weight is 405 g/mol. The van der Waals surface area contributed by atoms with Gasteiger partial charge in [-0.15, -0.1) is 0 Å². The normalized spacial score (nSPS) is 10.7. The molecule has 0 aromatic heterocycles. The third kappa shape index (κ3) is 5.23. The lowest BCUT2D eigenvalue weighted by Crippen LogP contribution is -2.00. The minimum absolute atomic E-state index is 0.169. The lowest BCUT2D eigenvalue weighted by atomic mass is 10.1. The Kier molecular flexibility index (Phi) is 6.44. The van der Waals surface area contributed by atoms with Crippen LogP contribution >= 0.6 is 0 Å². The molecule has 30 heavy (non-hydrogen) atoms. The van der Waals surface area contributed by atoms with Gasteiger partial charge in [0.2, 0.25) is 0 Å². The molecule has 0 saturated heterocycles. The van der Waals surface area contributed by atoms with Crippen LogP contribution in [0.3, 0.4) is 0 Å². The van der Waals surface area contributed by atoms with E-state index in [9.17, 15) is 9.59 Å². The summed E-state index contributed by atoms with van der Waals surface area (Å²) < 4.78 is 11.2. The number of rotatable bonds is 8. The van der Waals surface area contributed by atoms with Crippen molar-refractivity contribution in [1.82, 2.24) is 0 Å². The predicted octanol–water partition coefficient (Wildman–Crippen LogP) is 4.42. The quantitative estimate of drug-likeness (QED) is 0.538. The summed E-state index contributed by atoms with van der Waals surface area (Å²) in [6.45, 7) is 0.256. The van der Waals surface area contributed by atoms with Crippen molar-refractivity contribution >= 4 is 23.8 Å². The third-order valence-corrected chi connectivity index (χ3v) is 4.24. The maximum atomic E-state index is 11.1. The summed E-state index contributed by atoms with van der Waals surface area (Å²) in [6, 6.07) is 18.1. The van der Waals surface area contributed by atoms with Crippen LogP contribution in [0.2, 0.25) is 0 Å². The highest BCUT2D eigenvalue weighted by atomic mass is 16.5. The van der Waals surface area contributed by atoms with E-state index in [-0.39, 0.29) is 17.7 Å². The van der Waals surface area contributed by atoms with Crippen molar-refractivity contribution in [2.45, 2.75) is 6.61 Å². The molecule has 152 valence electrons. The Bertz CT molecular complexity index is 1090. The Balaban J connectivity index is 1.70. The zero-order valence-corrected chi connectivity index (χ0v) is 16.1. The maximum Gasteiger partial charge on any atom is 0.335 e. The van der Waals surface area contributed by atoms with Crippen LogP contribution in [0, 0.1) is 0 Å². The highest BCUT2D eigenvalue weighted by Gasteiger charge is 2.07. The minimum Gasteiger partial charge on any atom is -0.493 e.